The van der Waals surface area contributed by atoms with Crippen molar-refractivity contribution in [2.24, 2.45) is 0 Å². The van der Waals surface area contributed by atoms with Crippen molar-refractivity contribution in [3.8, 4) is 0 Å². The Balaban J connectivity index is 2.04. The predicted octanol–water partition coefficient (Wildman–Crippen LogP) is 2.32. The average molecular weight is 267 g/mol. The predicted molar refractivity (Wildman–Crippen MR) is 82.6 cm³/mol. The van der Waals surface area contributed by atoms with Crippen LogP contribution in [0, 0.1) is 0 Å². The lowest BCUT2D eigenvalue weighted by Crippen LogP contribution is -2.64. The van der Waals surface area contributed by atoms with Gasteiger partial charge in [0, 0.05) is 30.7 Å². The number of nitrogens with zero attached hydrogens (tertiary/aromatic N) is 2. The average Bonchev–Trinajstić information content (AvgIpc) is 2.41. The van der Waals surface area contributed by atoms with E-state index in [0.29, 0.717) is 5.54 Å². The minimum absolute atomic E-state index is 0.327. The largest absolute Gasteiger partial charge is 0.320 e. The normalized spacial score (nSPS) is 30.6. The van der Waals surface area contributed by atoms with Crippen molar-refractivity contribution in [3.05, 3.63) is 0 Å². The van der Waals surface area contributed by atoms with E-state index in [2.05, 4.69) is 43.1 Å². The zero-order chi connectivity index (χ0) is 13.9. The number of nitrogens with one attached hydrogen (secondary N) is 1. The molecule has 19 heavy (non-hydrogen) atoms. The molecule has 0 aromatic heterocycles. The Bertz CT molecular complexity index is 271. The van der Waals surface area contributed by atoms with Gasteiger partial charge in [-0.15, -0.1) is 0 Å². The van der Waals surface area contributed by atoms with Gasteiger partial charge in [-0.05, 0) is 53.8 Å². The molecule has 1 N–H and O–H groups in total. The van der Waals surface area contributed by atoms with Crippen LogP contribution in [0.4, 0.5) is 0 Å². The van der Waals surface area contributed by atoms with Gasteiger partial charge in [-0.25, -0.2) is 0 Å². The maximum absolute atomic E-state index is 3.33. The summed E-state index contributed by atoms with van der Waals surface area (Å²) in [6, 6.07) is 1.59. The first-order valence-corrected chi connectivity index (χ1v) is 8.16. The maximum atomic E-state index is 3.33. The highest BCUT2D eigenvalue weighted by Crippen LogP contribution is 2.31. The molecule has 0 spiro atoms. The van der Waals surface area contributed by atoms with Gasteiger partial charge in [-0.1, -0.05) is 19.3 Å². The van der Waals surface area contributed by atoms with Crippen LogP contribution in [0.15, 0.2) is 0 Å². The molecule has 0 aromatic rings. The molecule has 1 heterocycles. The Kier molecular flexibility index (Phi) is 5.27. The first-order valence-electron chi connectivity index (χ1n) is 8.16. The summed E-state index contributed by atoms with van der Waals surface area (Å²) in [6.45, 7) is 8.41. The molecule has 0 radical (unpaired) electrons. The topological polar surface area (TPSA) is 18.5 Å². The summed E-state index contributed by atoms with van der Waals surface area (Å²) in [7, 11) is 4.37. The lowest BCUT2D eigenvalue weighted by Gasteiger charge is -2.53. The Morgan fingerprint density at radius 1 is 1.16 bits per heavy atom. The van der Waals surface area contributed by atoms with E-state index in [0.717, 1.165) is 18.6 Å². The zero-order valence-corrected chi connectivity index (χ0v) is 13.4. The third kappa shape index (κ3) is 3.71. The van der Waals surface area contributed by atoms with Crippen LogP contribution in [-0.2, 0) is 0 Å². The van der Waals surface area contributed by atoms with Crippen molar-refractivity contribution in [2.75, 3.05) is 33.7 Å². The van der Waals surface area contributed by atoms with Crippen LogP contribution in [0.1, 0.15) is 52.4 Å². The molecule has 112 valence electrons. The monoisotopic (exact) mass is 267 g/mol. The fourth-order valence-corrected chi connectivity index (χ4v) is 3.77. The highest BCUT2D eigenvalue weighted by molar-refractivity contribution is 4.96. The van der Waals surface area contributed by atoms with Crippen LogP contribution in [0.5, 0.6) is 0 Å². The summed E-state index contributed by atoms with van der Waals surface area (Å²) in [4.78, 5) is 5.42. The minimum Gasteiger partial charge on any atom is -0.320 e. The first-order chi connectivity index (χ1) is 9.04. The fraction of sp³-hybridized carbons (Fsp3) is 1.00. The molecule has 2 fully saturated rings. The number of piperazine rings is 1. The zero-order valence-electron chi connectivity index (χ0n) is 13.4. The van der Waals surface area contributed by atoms with E-state index in [9.17, 15) is 0 Å². The summed E-state index contributed by atoms with van der Waals surface area (Å²) in [5.74, 6) is 0. The highest BCUT2D eigenvalue weighted by atomic mass is 15.3. The Morgan fingerprint density at radius 2 is 1.84 bits per heavy atom. The van der Waals surface area contributed by atoms with Gasteiger partial charge in [-0.3, -0.25) is 9.80 Å². The molecule has 1 atom stereocenters. The summed E-state index contributed by atoms with van der Waals surface area (Å²) < 4.78 is 0. The van der Waals surface area contributed by atoms with E-state index in [-0.39, 0.29) is 0 Å². The van der Waals surface area contributed by atoms with Crippen LogP contribution in [-0.4, -0.2) is 61.2 Å². The van der Waals surface area contributed by atoms with Crippen molar-refractivity contribution in [3.63, 3.8) is 0 Å². The first kappa shape index (κ1) is 15.3. The third-order valence-corrected chi connectivity index (χ3v) is 5.33. The van der Waals surface area contributed by atoms with Gasteiger partial charge in [0.25, 0.3) is 0 Å². The van der Waals surface area contributed by atoms with Gasteiger partial charge in [0.15, 0.2) is 0 Å². The SMILES string of the molecule is CNCCC1CN(C)C(C)(C)CN1C1CCCCC1. The smallest absolute Gasteiger partial charge is 0.0278 e. The minimum atomic E-state index is 0.327. The van der Waals surface area contributed by atoms with Crippen molar-refractivity contribution in [1.29, 1.82) is 0 Å². The van der Waals surface area contributed by atoms with E-state index >= 15 is 0 Å². The number of rotatable bonds is 4. The van der Waals surface area contributed by atoms with Gasteiger partial charge in [0.1, 0.15) is 0 Å². The molecular formula is C16H33N3. The van der Waals surface area contributed by atoms with E-state index in [1.165, 1.54) is 51.6 Å². The molecule has 1 saturated carbocycles. The third-order valence-electron chi connectivity index (χ3n) is 5.33. The van der Waals surface area contributed by atoms with Gasteiger partial charge in [0.2, 0.25) is 0 Å². The molecule has 3 heteroatoms. The molecule has 1 aliphatic heterocycles. The van der Waals surface area contributed by atoms with Crippen LogP contribution in [0.25, 0.3) is 0 Å². The lowest BCUT2D eigenvalue weighted by molar-refractivity contribution is -0.0348. The van der Waals surface area contributed by atoms with Gasteiger partial charge in [0.05, 0.1) is 0 Å². The Morgan fingerprint density at radius 3 is 2.47 bits per heavy atom. The fourth-order valence-electron chi connectivity index (χ4n) is 3.77. The molecule has 1 aliphatic carbocycles. The molecule has 1 saturated heterocycles. The second-order valence-corrected chi connectivity index (χ2v) is 7.20. The summed E-state index contributed by atoms with van der Waals surface area (Å²) >= 11 is 0. The van der Waals surface area contributed by atoms with Crippen LogP contribution in [0.3, 0.4) is 0 Å². The molecule has 0 amide bonds. The van der Waals surface area contributed by atoms with Crippen LogP contribution >= 0.6 is 0 Å². The molecule has 2 aliphatic rings. The molecular weight excluding hydrogens is 234 g/mol. The number of hydrogen-bond acceptors (Lipinski definition) is 3. The highest BCUT2D eigenvalue weighted by Gasteiger charge is 2.39. The number of likely N-dealkylation sites (N-methyl/N-ethyl adjacent to an activating group) is 1. The van der Waals surface area contributed by atoms with E-state index in [1.807, 2.05) is 0 Å². The van der Waals surface area contributed by atoms with Crippen LogP contribution < -0.4 is 5.32 Å². The van der Waals surface area contributed by atoms with Crippen molar-refractivity contribution in [1.82, 2.24) is 15.1 Å². The van der Waals surface area contributed by atoms with Crippen molar-refractivity contribution >= 4 is 0 Å². The van der Waals surface area contributed by atoms with E-state index in [4.69, 9.17) is 0 Å². The second-order valence-electron chi connectivity index (χ2n) is 7.20. The molecule has 3 nitrogen and oxygen atoms in total. The molecule has 1 unspecified atom stereocenters. The molecule has 0 aromatic carbocycles. The molecule has 2 rings (SSSR count). The van der Waals surface area contributed by atoms with Gasteiger partial charge in [-0.2, -0.15) is 0 Å². The Labute approximate surface area is 119 Å². The van der Waals surface area contributed by atoms with Crippen molar-refractivity contribution in [2.45, 2.75) is 70.0 Å². The standard InChI is InChI=1S/C16H33N3/c1-16(2)13-19(14-8-6-5-7-9-14)15(10-11-17-3)12-18(16)4/h14-15,17H,5-13H2,1-4H3. The lowest BCUT2D eigenvalue weighted by atomic mass is 9.88. The quantitative estimate of drug-likeness (QED) is 0.843. The summed E-state index contributed by atoms with van der Waals surface area (Å²) in [5, 5.41) is 3.33. The van der Waals surface area contributed by atoms with Gasteiger partial charge < -0.3 is 5.32 Å². The molecule has 0 bridgehead atoms. The van der Waals surface area contributed by atoms with Crippen LogP contribution in [0.2, 0.25) is 0 Å². The van der Waals surface area contributed by atoms with E-state index in [1.54, 1.807) is 0 Å². The Hall–Kier alpha value is -0.120. The summed E-state index contributed by atoms with van der Waals surface area (Å²) in [6.07, 6.45) is 8.47. The van der Waals surface area contributed by atoms with Gasteiger partial charge >= 0.3 is 0 Å². The van der Waals surface area contributed by atoms with Crippen molar-refractivity contribution < 1.29 is 0 Å². The number of hydrogen-bond donors (Lipinski definition) is 1. The second kappa shape index (κ2) is 6.55. The maximum Gasteiger partial charge on any atom is 0.0278 e. The summed E-state index contributed by atoms with van der Waals surface area (Å²) in [5.41, 5.74) is 0.327. The van der Waals surface area contributed by atoms with E-state index < -0.39 is 0 Å².